The van der Waals surface area contributed by atoms with Crippen LogP contribution in [0.4, 0.5) is 4.79 Å². The van der Waals surface area contributed by atoms with Crippen molar-refractivity contribution in [2.45, 2.75) is 129 Å². The fourth-order valence-electron chi connectivity index (χ4n) is 3.64. The Balaban J connectivity index is 2.19. The number of carbonyl (C=O) groups is 1. The number of rotatable bonds is 14. The number of carbonyl (C=O) groups excluding carboxylic acids is 1. The van der Waals surface area contributed by atoms with E-state index in [2.05, 4.69) is 19.2 Å². The third kappa shape index (κ3) is 10.9. The van der Waals surface area contributed by atoms with Crippen LogP contribution in [0.3, 0.4) is 0 Å². The second-order valence-electron chi connectivity index (χ2n) is 7.56. The number of alkyl carbamates (subject to hydrolysis) is 1. The average molecular weight is 340 g/mol. The number of nitrogens with one attached hydrogen (secondary N) is 1. The lowest BCUT2D eigenvalue weighted by Gasteiger charge is -2.20. The zero-order valence-corrected chi connectivity index (χ0v) is 16.3. The SMILES string of the molecule is CCCCCCCCCC(CCCCC)OC(=O)NC1CCCC1. The van der Waals surface area contributed by atoms with E-state index in [-0.39, 0.29) is 12.2 Å². The van der Waals surface area contributed by atoms with Crippen molar-refractivity contribution < 1.29 is 9.53 Å². The van der Waals surface area contributed by atoms with Gasteiger partial charge in [0.2, 0.25) is 0 Å². The van der Waals surface area contributed by atoms with Crippen molar-refractivity contribution in [1.29, 1.82) is 0 Å². The molecule has 1 aliphatic carbocycles. The molecule has 1 amide bonds. The molecule has 3 nitrogen and oxygen atoms in total. The van der Waals surface area contributed by atoms with E-state index in [4.69, 9.17) is 4.74 Å². The van der Waals surface area contributed by atoms with Crippen LogP contribution < -0.4 is 5.32 Å². The molecule has 1 N–H and O–H groups in total. The van der Waals surface area contributed by atoms with E-state index >= 15 is 0 Å². The fraction of sp³-hybridized carbons (Fsp3) is 0.952. The van der Waals surface area contributed by atoms with Crippen molar-refractivity contribution in [1.82, 2.24) is 5.32 Å². The first-order valence-corrected chi connectivity index (χ1v) is 10.7. The third-order valence-corrected chi connectivity index (χ3v) is 5.21. The molecule has 0 heterocycles. The van der Waals surface area contributed by atoms with Crippen molar-refractivity contribution in [3.63, 3.8) is 0 Å². The molecule has 1 atom stereocenters. The Kier molecular flexibility index (Phi) is 13.0. The van der Waals surface area contributed by atoms with Gasteiger partial charge in [0.05, 0.1) is 0 Å². The topological polar surface area (TPSA) is 38.3 Å². The normalized spacial score (nSPS) is 16.2. The number of amides is 1. The summed E-state index contributed by atoms with van der Waals surface area (Å²) in [7, 11) is 0. The average Bonchev–Trinajstić information content (AvgIpc) is 3.06. The molecule has 1 rings (SSSR count). The van der Waals surface area contributed by atoms with Gasteiger partial charge in [0.25, 0.3) is 0 Å². The molecule has 0 radical (unpaired) electrons. The summed E-state index contributed by atoms with van der Waals surface area (Å²) in [6.07, 6.45) is 19.6. The number of hydrogen-bond acceptors (Lipinski definition) is 2. The summed E-state index contributed by atoms with van der Waals surface area (Å²) in [6, 6.07) is 0.354. The Morgan fingerprint density at radius 1 is 0.875 bits per heavy atom. The summed E-state index contributed by atoms with van der Waals surface area (Å²) in [6.45, 7) is 4.48. The van der Waals surface area contributed by atoms with Crippen LogP contribution in [0.15, 0.2) is 0 Å². The maximum absolute atomic E-state index is 12.1. The van der Waals surface area contributed by atoms with Crippen LogP contribution in [-0.2, 0) is 4.74 Å². The molecule has 0 bridgehead atoms. The molecule has 0 saturated heterocycles. The minimum absolute atomic E-state index is 0.119. The maximum atomic E-state index is 12.1. The van der Waals surface area contributed by atoms with E-state index < -0.39 is 0 Å². The van der Waals surface area contributed by atoms with Crippen molar-refractivity contribution >= 4 is 6.09 Å². The van der Waals surface area contributed by atoms with E-state index in [9.17, 15) is 4.79 Å². The maximum Gasteiger partial charge on any atom is 0.407 e. The van der Waals surface area contributed by atoms with Gasteiger partial charge in [-0.3, -0.25) is 0 Å². The lowest BCUT2D eigenvalue weighted by molar-refractivity contribution is 0.0816. The minimum Gasteiger partial charge on any atom is -0.446 e. The van der Waals surface area contributed by atoms with Gasteiger partial charge in [-0.05, 0) is 38.5 Å². The lowest BCUT2D eigenvalue weighted by Crippen LogP contribution is -2.35. The quantitative estimate of drug-likeness (QED) is 0.356. The van der Waals surface area contributed by atoms with E-state index in [1.807, 2.05) is 0 Å². The first kappa shape index (κ1) is 21.3. The third-order valence-electron chi connectivity index (χ3n) is 5.21. The van der Waals surface area contributed by atoms with Crippen molar-refractivity contribution in [3.05, 3.63) is 0 Å². The van der Waals surface area contributed by atoms with Gasteiger partial charge in [0.15, 0.2) is 0 Å². The van der Waals surface area contributed by atoms with Crippen LogP contribution in [-0.4, -0.2) is 18.2 Å². The molecule has 0 aromatic heterocycles. The van der Waals surface area contributed by atoms with Crippen LogP contribution in [0.25, 0.3) is 0 Å². The Morgan fingerprint density at radius 2 is 1.38 bits per heavy atom. The Bertz CT molecular complexity index is 300. The molecular formula is C21H41NO2. The van der Waals surface area contributed by atoms with E-state index in [1.54, 1.807) is 0 Å². The molecule has 1 unspecified atom stereocenters. The van der Waals surface area contributed by atoms with Crippen LogP contribution >= 0.6 is 0 Å². The Labute approximate surface area is 150 Å². The summed E-state index contributed by atoms with van der Waals surface area (Å²) in [4.78, 5) is 12.1. The molecule has 24 heavy (non-hydrogen) atoms. The van der Waals surface area contributed by atoms with E-state index in [0.717, 1.165) is 25.7 Å². The monoisotopic (exact) mass is 339 g/mol. The summed E-state index contributed by atoms with van der Waals surface area (Å²) in [5, 5.41) is 3.06. The summed E-state index contributed by atoms with van der Waals surface area (Å²) in [5.41, 5.74) is 0. The van der Waals surface area contributed by atoms with Gasteiger partial charge in [-0.25, -0.2) is 4.79 Å². The van der Waals surface area contributed by atoms with Gasteiger partial charge >= 0.3 is 6.09 Å². The summed E-state index contributed by atoms with van der Waals surface area (Å²) < 4.78 is 5.75. The minimum atomic E-state index is -0.175. The summed E-state index contributed by atoms with van der Waals surface area (Å²) >= 11 is 0. The Hall–Kier alpha value is -0.730. The standard InChI is InChI=1S/C21H41NO2/c1-3-5-7-8-9-10-12-18-20(17-11-6-4-2)24-21(23)22-19-15-13-14-16-19/h19-20H,3-18H2,1-2H3,(H,22,23). The highest BCUT2D eigenvalue weighted by atomic mass is 16.6. The molecule has 1 aliphatic rings. The molecule has 1 fully saturated rings. The highest BCUT2D eigenvalue weighted by Crippen LogP contribution is 2.19. The van der Waals surface area contributed by atoms with Crippen molar-refractivity contribution in [3.8, 4) is 0 Å². The molecule has 1 saturated carbocycles. The fourth-order valence-corrected chi connectivity index (χ4v) is 3.64. The number of ether oxygens (including phenoxy) is 1. The molecule has 0 aromatic carbocycles. The predicted molar refractivity (Wildman–Crippen MR) is 102 cm³/mol. The van der Waals surface area contributed by atoms with Crippen molar-refractivity contribution in [2.24, 2.45) is 0 Å². The lowest BCUT2D eigenvalue weighted by atomic mass is 10.0. The number of unbranched alkanes of at least 4 members (excludes halogenated alkanes) is 8. The number of hydrogen-bond donors (Lipinski definition) is 1. The van der Waals surface area contributed by atoms with Gasteiger partial charge in [-0.1, -0.05) is 78.1 Å². The summed E-state index contributed by atoms with van der Waals surface area (Å²) in [5.74, 6) is 0. The van der Waals surface area contributed by atoms with E-state index in [1.165, 1.54) is 77.0 Å². The molecule has 142 valence electrons. The van der Waals surface area contributed by atoms with Crippen LogP contribution in [0.1, 0.15) is 117 Å². The first-order chi connectivity index (χ1) is 11.8. The Morgan fingerprint density at radius 3 is 2.00 bits per heavy atom. The van der Waals surface area contributed by atoms with Crippen LogP contribution in [0.2, 0.25) is 0 Å². The zero-order chi connectivity index (χ0) is 17.5. The van der Waals surface area contributed by atoms with Crippen molar-refractivity contribution in [2.75, 3.05) is 0 Å². The second-order valence-corrected chi connectivity index (χ2v) is 7.56. The molecule has 0 aliphatic heterocycles. The van der Waals surface area contributed by atoms with Gasteiger partial charge in [-0.2, -0.15) is 0 Å². The van der Waals surface area contributed by atoms with Crippen LogP contribution in [0, 0.1) is 0 Å². The van der Waals surface area contributed by atoms with Crippen LogP contribution in [0.5, 0.6) is 0 Å². The van der Waals surface area contributed by atoms with Gasteiger partial charge in [0, 0.05) is 6.04 Å². The molecule has 0 spiro atoms. The zero-order valence-electron chi connectivity index (χ0n) is 16.3. The molecular weight excluding hydrogens is 298 g/mol. The molecule has 3 heteroatoms. The second kappa shape index (κ2) is 14.6. The first-order valence-electron chi connectivity index (χ1n) is 10.7. The van der Waals surface area contributed by atoms with Gasteiger partial charge in [0.1, 0.15) is 6.10 Å². The molecule has 0 aromatic rings. The van der Waals surface area contributed by atoms with E-state index in [0.29, 0.717) is 6.04 Å². The highest BCUT2D eigenvalue weighted by Gasteiger charge is 2.20. The smallest absolute Gasteiger partial charge is 0.407 e. The van der Waals surface area contributed by atoms with Gasteiger partial charge < -0.3 is 10.1 Å². The highest BCUT2D eigenvalue weighted by molar-refractivity contribution is 5.67. The largest absolute Gasteiger partial charge is 0.446 e. The predicted octanol–water partition coefficient (Wildman–Crippen LogP) is 6.74. The van der Waals surface area contributed by atoms with Gasteiger partial charge in [-0.15, -0.1) is 0 Å².